The number of hydrogen-bond acceptors (Lipinski definition) is 3. The summed E-state index contributed by atoms with van der Waals surface area (Å²) in [5.74, 6) is 2.45. The molecule has 4 nitrogen and oxygen atoms in total. The van der Waals surface area contributed by atoms with Crippen molar-refractivity contribution in [3.05, 3.63) is 12.2 Å². The summed E-state index contributed by atoms with van der Waals surface area (Å²) in [4.78, 5) is 12.0. The highest BCUT2D eigenvalue weighted by molar-refractivity contribution is 7.91. The van der Waals surface area contributed by atoms with Crippen LogP contribution in [0.5, 0.6) is 0 Å². The summed E-state index contributed by atoms with van der Waals surface area (Å²) in [6, 6.07) is 0. The Balaban J connectivity index is 1.44. The Morgan fingerprint density at radius 1 is 1.19 bits per heavy atom. The lowest BCUT2D eigenvalue weighted by atomic mass is 9.69. The maximum atomic E-state index is 12.0. The first-order chi connectivity index (χ1) is 10.0. The van der Waals surface area contributed by atoms with Crippen LogP contribution in [0.25, 0.3) is 0 Å². The van der Waals surface area contributed by atoms with Crippen molar-refractivity contribution in [1.82, 2.24) is 5.32 Å². The van der Waals surface area contributed by atoms with E-state index >= 15 is 0 Å². The molecule has 1 N–H and O–H groups in total. The number of amides is 1. The van der Waals surface area contributed by atoms with Crippen LogP contribution in [0.2, 0.25) is 0 Å². The molecule has 2 bridgehead atoms. The van der Waals surface area contributed by atoms with Crippen molar-refractivity contribution in [3.8, 4) is 0 Å². The second kappa shape index (κ2) is 6.11. The van der Waals surface area contributed by atoms with Crippen molar-refractivity contribution in [2.45, 2.75) is 38.5 Å². The summed E-state index contributed by atoms with van der Waals surface area (Å²) in [6.07, 6.45) is 10.3. The minimum absolute atomic E-state index is 0.0199. The van der Waals surface area contributed by atoms with Gasteiger partial charge in [-0.05, 0) is 55.8 Å². The predicted octanol–water partition coefficient (Wildman–Crippen LogP) is 1.92. The van der Waals surface area contributed by atoms with Crippen LogP contribution in [0, 0.1) is 23.7 Å². The van der Waals surface area contributed by atoms with Gasteiger partial charge in [-0.3, -0.25) is 4.79 Å². The number of nitrogens with one attached hydrogen (secondary N) is 1. The molecule has 118 valence electrons. The van der Waals surface area contributed by atoms with Crippen molar-refractivity contribution in [2.75, 3.05) is 18.1 Å². The standard InChI is InChI=1S/C16H25NO3S/c18-16(9-13-2-1-7-21(19,20)11-13)17-10-15-8-12-3-5-14(15)6-4-12/h3,5,12-15H,1-2,4,6-11H2,(H,17,18). The quantitative estimate of drug-likeness (QED) is 0.807. The molecule has 4 rings (SSSR count). The fourth-order valence-corrected chi connectivity index (χ4v) is 5.92. The van der Waals surface area contributed by atoms with Gasteiger partial charge in [0.25, 0.3) is 0 Å². The van der Waals surface area contributed by atoms with Crippen molar-refractivity contribution < 1.29 is 13.2 Å². The molecule has 5 heteroatoms. The van der Waals surface area contributed by atoms with Crippen LogP contribution in [-0.4, -0.2) is 32.4 Å². The summed E-state index contributed by atoms with van der Waals surface area (Å²) in [6.45, 7) is 0.754. The van der Waals surface area contributed by atoms with Gasteiger partial charge in [-0.15, -0.1) is 0 Å². The van der Waals surface area contributed by atoms with Gasteiger partial charge >= 0.3 is 0 Å². The van der Waals surface area contributed by atoms with Crippen LogP contribution in [0.3, 0.4) is 0 Å². The second-order valence-corrected chi connectivity index (χ2v) is 9.24. The molecule has 4 atom stereocenters. The zero-order valence-corrected chi connectivity index (χ0v) is 13.3. The Morgan fingerprint density at radius 3 is 2.67 bits per heavy atom. The van der Waals surface area contributed by atoms with Gasteiger partial charge in [0.1, 0.15) is 0 Å². The minimum Gasteiger partial charge on any atom is -0.356 e. The highest BCUT2D eigenvalue weighted by Gasteiger charge is 2.32. The number of allylic oxidation sites excluding steroid dienone is 2. The van der Waals surface area contributed by atoms with Gasteiger partial charge in [0.15, 0.2) is 9.84 Å². The van der Waals surface area contributed by atoms with Gasteiger partial charge in [0.05, 0.1) is 11.5 Å². The third kappa shape index (κ3) is 3.87. The topological polar surface area (TPSA) is 63.2 Å². The van der Waals surface area contributed by atoms with E-state index in [-0.39, 0.29) is 17.6 Å². The Labute approximate surface area is 127 Å². The summed E-state index contributed by atoms with van der Waals surface area (Å²) < 4.78 is 23.2. The average molecular weight is 311 g/mol. The normalized spacial score (nSPS) is 37.3. The van der Waals surface area contributed by atoms with E-state index in [1.807, 2.05) is 0 Å². The monoisotopic (exact) mass is 311 g/mol. The van der Waals surface area contributed by atoms with Gasteiger partial charge in [-0.25, -0.2) is 8.42 Å². The number of rotatable bonds is 4. The van der Waals surface area contributed by atoms with E-state index in [1.165, 1.54) is 19.3 Å². The summed E-state index contributed by atoms with van der Waals surface area (Å²) in [5, 5.41) is 3.04. The molecule has 3 aliphatic carbocycles. The Bertz CT molecular complexity index is 526. The number of fused-ring (bicyclic) bond motifs is 2. The lowest BCUT2D eigenvalue weighted by molar-refractivity contribution is -0.122. The lowest BCUT2D eigenvalue weighted by Gasteiger charge is -2.38. The highest BCUT2D eigenvalue weighted by atomic mass is 32.2. The van der Waals surface area contributed by atoms with Crippen LogP contribution < -0.4 is 5.32 Å². The molecule has 4 unspecified atom stereocenters. The van der Waals surface area contributed by atoms with E-state index in [0.29, 0.717) is 36.3 Å². The van der Waals surface area contributed by atoms with Crippen molar-refractivity contribution in [3.63, 3.8) is 0 Å². The van der Waals surface area contributed by atoms with E-state index in [1.54, 1.807) is 0 Å². The molecule has 1 amide bonds. The highest BCUT2D eigenvalue weighted by Crippen LogP contribution is 2.39. The smallest absolute Gasteiger partial charge is 0.220 e. The Hall–Kier alpha value is -0.840. The van der Waals surface area contributed by atoms with E-state index in [2.05, 4.69) is 17.5 Å². The summed E-state index contributed by atoms with van der Waals surface area (Å²) in [7, 11) is -2.91. The molecule has 4 aliphatic rings. The van der Waals surface area contributed by atoms with Crippen LogP contribution in [0.1, 0.15) is 38.5 Å². The zero-order valence-electron chi connectivity index (χ0n) is 12.5. The van der Waals surface area contributed by atoms with Gasteiger partial charge in [-0.1, -0.05) is 12.2 Å². The van der Waals surface area contributed by atoms with E-state index in [9.17, 15) is 13.2 Å². The molecular weight excluding hydrogens is 286 g/mol. The lowest BCUT2D eigenvalue weighted by Crippen LogP contribution is -2.38. The molecule has 0 radical (unpaired) electrons. The zero-order chi connectivity index (χ0) is 14.9. The Morgan fingerprint density at radius 2 is 2.05 bits per heavy atom. The summed E-state index contributed by atoms with van der Waals surface area (Å²) in [5.41, 5.74) is 0. The number of sulfone groups is 1. The molecule has 0 aromatic rings. The number of hydrogen-bond donors (Lipinski definition) is 1. The van der Waals surface area contributed by atoms with Gasteiger partial charge in [0, 0.05) is 13.0 Å². The Kier molecular flexibility index (Phi) is 4.38. The fraction of sp³-hybridized carbons (Fsp3) is 0.812. The molecular formula is C16H25NO3S. The maximum Gasteiger partial charge on any atom is 0.220 e. The van der Waals surface area contributed by atoms with E-state index in [0.717, 1.165) is 13.0 Å². The predicted molar refractivity (Wildman–Crippen MR) is 82.5 cm³/mol. The molecule has 1 aliphatic heterocycles. The molecule has 1 saturated carbocycles. The van der Waals surface area contributed by atoms with Crippen LogP contribution in [0.15, 0.2) is 12.2 Å². The molecule has 0 spiro atoms. The van der Waals surface area contributed by atoms with Crippen LogP contribution in [-0.2, 0) is 14.6 Å². The van der Waals surface area contributed by atoms with E-state index < -0.39 is 9.84 Å². The van der Waals surface area contributed by atoms with Crippen molar-refractivity contribution in [1.29, 1.82) is 0 Å². The maximum absolute atomic E-state index is 12.0. The first-order valence-electron chi connectivity index (χ1n) is 8.17. The molecule has 0 aromatic heterocycles. The number of carbonyl (C=O) groups is 1. The van der Waals surface area contributed by atoms with Crippen molar-refractivity contribution >= 4 is 15.7 Å². The van der Waals surface area contributed by atoms with Gasteiger partial charge in [0.2, 0.25) is 5.91 Å². The van der Waals surface area contributed by atoms with Crippen LogP contribution in [0.4, 0.5) is 0 Å². The summed E-state index contributed by atoms with van der Waals surface area (Å²) >= 11 is 0. The fourth-order valence-electron chi connectivity index (χ4n) is 4.14. The number of carbonyl (C=O) groups excluding carboxylic acids is 1. The molecule has 21 heavy (non-hydrogen) atoms. The second-order valence-electron chi connectivity index (χ2n) is 7.01. The molecule has 0 aromatic carbocycles. The van der Waals surface area contributed by atoms with Gasteiger partial charge < -0.3 is 5.32 Å². The molecule has 1 heterocycles. The first-order valence-corrected chi connectivity index (χ1v) is 9.99. The SMILES string of the molecule is O=C(CC1CCCS(=O)(=O)C1)NCC1CC2C=CC1CC2. The third-order valence-electron chi connectivity index (χ3n) is 5.31. The van der Waals surface area contributed by atoms with E-state index in [4.69, 9.17) is 0 Å². The largest absolute Gasteiger partial charge is 0.356 e. The minimum atomic E-state index is -2.91. The average Bonchev–Trinajstić information content (AvgIpc) is 2.45. The third-order valence-corrected chi connectivity index (χ3v) is 7.20. The molecule has 1 saturated heterocycles. The van der Waals surface area contributed by atoms with Crippen LogP contribution >= 0.6 is 0 Å². The molecule has 2 fully saturated rings. The van der Waals surface area contributed by atoms with Gasteiger partial charge in [-0.2, -0.15) is 0 Å². The van der Waals surface area contributed by atoms with Crippen molar-refractivity contribution in [2.24, 2.45) is 23.7 Å². The first kappa shape index (κ1) is 15.1.